The highest BCUT2D eigenvalue weighted by Crippen LogP contribution is 2.28. The third-order valence-electron chi connectivity index (χ3n) is 4.00. The molecule has 0 saturated heterocycles. The van der Waals surface area contributed by atoms with Crippen molar-refractivity contribution in [2.45, 2.75) is 45.3 Å². The lowest BCUT2D eigenvalue weighted by atomic mass is 10.0. The molecule has 2 aromatic rings. The Hall–Kier alpha value is -1.78. The quantitative estimate of drug-likeness (QED) is 0.597. The summed E-state index contributed by atoms with van der Waals surface area (Å²) in [6.07, 6.45) is 1.97. The van der Waals surface area contributed by atoms with E-state index < -0.39 is 6.10 Å². The largest absolute Gasteiger partial charge is 0.479 e. The minimum Gasteiger partial charge on any atom is -0.479 e. The molecule has 0 heterocycles. The van der Waals surface area contributed by atoms with Crippen LogP contribution in [0.4, 0.5) is 4.39 Å². The zero-order chi connectivity index (χ0) is 19.1. The number of unbranched alkanes of at least 4 members (excludes halogenated alkanes) is 1. The van der Waals surface area contributed by atoms with Crippen LogP contribution in [-0.2, 0) is 4.79 Å². The van der Waals surface area contributed by atoms with Crippen molar-refractivity contribution in [1.82, 2.24) is 5.32 Å². The molecule has 2 atom stereocenters. The molecular formula is C20H22Cl2FNO2. The third kappa shape index (κ3) is 5.89. The molecule has 1 amide bonds. The minimum atomic E-state index is -0.738. The molecule has 0 bridgehead atoms. The molecule has 26 heavy (non-hydrogen) atoms. The zero-order valence-electron chi connectivity index (χ0n) is 14.8. The van der Waals surface area contributed by atoms with Crippen molar-refractivity contribution in [2.24, 2.45) is 0 Å². The molecular weight excluding hydrogens is 376 g/mol. The van der Waals surface area contributed by atoms with Gasteiger partial charge in [-0.1, -0.05) is 55.1 Å². The van der Waals surface area contributed by atoms with Crippen LogP contribution >= 0.6 is 23.2 Å². The van der Waals surface area contributed by atoms with Gasteiger partial charge in [0.05, 0.1) is 11.1 Å². The van der Waals surface area contributed by atoms with E-state index in [9.17, 15) is 9.18 Å². The van der Waals surface area contributed by atoms with Gasteiger partial charge in [-0.25, -0.2) is 4.39 Å². The maximum atomic E-state index is 13.2. The van der Waals surface area contributed by atoms with Gasteiger partial charge in [0.1, 0.15) is 11.6 Å². The SMILES string of the molecule is CCCCC(NC(=O)C(C)Oc1ccc(Cl)cc1Cl)c1ccc(F)cc1. The molecule has 3 nitrogen and oxygen atoms in total. The average molecular weight is 398 g/mol. The summed E-state index contributed by atoms with van der Waals surface area (Å²) < 4.78 is 18.8. The van der Waals surface area contributed by atoms with Gasteiger partial charge in [0.15, 0.2) is 6.10 Å². The van der Waals surface area contributed by atoms with Gasteiger partial charge in [0.25, 0.3) is 5.91 Å². The van der Waals surface area contributed by atoms with Gasteiger partial charge in [-0.05, 0) is 49.2 Å². The Balaban J connectivity index is 2.06. The summed E-state index contributed by atoms with van der Waals surface area (Å²) >= 11 is 12.0. The van der Waals surface area contributed by atoms with Gasteiger partial charge >= 0.3 is 0 Å². The predicted octanol–water partition coefficient (Wildman–Crippen LogP) is 5.95. The molecule has 140 valence electrons. The van der Waals surface area contributed by atoms with E-state index in [0.29, 0.717) is 15.8 Å². The van der Waals surface area contributed by atoms with E-state index in [2.05, 4.69) is 12.2 Å². The molecule has 6 heteroatoms. The fourth-order valence-corrected chi connectivity index (χ4v) is 2.98. The number of benzene rings is 2. The molecule has 0 aliphatic heterocycles. The molecule has 1 N–H and O–H groups in total. The van der Waals surface area contributed by atoms with E-state index in [1.807, 2.05) is 0 Å². The summed E-state index contributed by atoms with van der Waals surface area (Å²) in [6, 6.07) is 10.8. The van der Waals surface area contributed by atoms with Gasteiger partial charge in [-0.2, -0.15) is 0 Å². The summed E-state index contributed by atoms with van der Waals surface area (Å²) in [7, 11) is 0. The molecule has 0 saturated carbocycles. The molecule has 0 radical (unpaired) electrons. The summed E-state index contributed by atoms with van der Waals surface area (Å²) in [6.45, 7) is 3.74. The lowest BCUT2D eigenvalue weighted by Gasteiger charge is -2.22. The number of carbonyl (C=O) groups excluding carboxylic acids is 1. The number of carbonyl (C=O) groups is 1. The number of hydrogen-bond donors (Lipinski definition) is 1. The summed E-state index contributed by atoms with van der Waals surface area (Å²) in [5.74, 6) is -0.171. The Morgan fingerprint density at radius 3 is 2.50 bits per heavy atom. The first-order valence-corrected chi connectivity index (χ1v) is 9.33. The highest BCUT2D eigenvalue weighted by atomic mass is 35.5. The molecule has 0 aromatic heterocycles. The molecule has 0 aliphatic rings. The number of halogens is 3. The minimum absolute atomic E-state index is 0.199. The third-order valence-corrected chi connectivity index (χ3v) is 4.53. The first-order chi connectivity index (χ1) is 12.4. The Bertz CT molecular complexity index is 737. The van der Waals surface area contributed by atoms with Crippen molar-refractivity contribution in [2.75, 3.05) is 0 Å². The lowest BCUT2D eigenvalue weighted by molar-refractivity contribution is -0.128. The average Bonchev–Trinajstić information content (AvgIpc) is 2.61. The van der Waals surface area contributed by atoms with E-state index in [1.165, 1.54) is 12.1 Å². The van der Waals surface area contributed by atoms with Crippen LogP contribution in [0.3, 0.4) is 0 Å². The fourth-order valence-electron chi connectivity index (χ4n) is 2.53. The molecule has 2 rings (SSSR count). The zero-order valence-corrected chi connectivity index (χ0v) is 16.3. The highest BCUT2D eigenvalue weighted by Gasteiger charge is 2.21. The van der Waals surface area contributed by atoms with Crippen LogP contribution in [0.1, 0.15) is 44.7 Å². The van der Waals surface area contributed by atoms with Crippen molar-refractivity contribution >= 4 is 29.1 Å². The monoisotopic (exact) mass is 397 g/mol. The Kier molecular flexibility index (Phi) is 7.73. The second-order valence-electron chi connectivity index (χ2n) is 6.09. The highest BCUT2D eigenvalue weighted by molar-refractivity contribution is 6.35. The van der Waals surface area contributed by atoms with Crippen LogP contribution in [-0.4, -0.2) is 12.0 Å². The van der Waals surface area contributed by atoms with Gasteiger partial charge in [0, 0.05) is 5.02 Å². The molecule has 0 fully saturated rings. The summed E-state index contributed by atoms with van der Waals surface area (Å²) in [4.78, 5) is 12.6. The standard InChI is InChI=1S/C20H22Cl2FNO2/c1-3-4-5-18(14-6-9-16(23)10-7-14)24-20(25)13(2)26-19-11-8-15(21)12-17(19)22/h6-13,18H,3-5H2,1-2H3,(H,24,25). The number of rotatable bonds is 8. The first-order valence-electron chi connectivity index (χ1n) is 8.58. The Labute approximate surface area is 163 Å². The lowest BCUT2D eigenvalue weighted by Crippen LogP contribution is -2.38. The van der Waals surface area contributed by atoms with E-state index >= 15 is 0 Å². The molecule has 2 aromatic carbocycles. The van der Waals surface area contributed by atoms with Crippen LogP contribution in [0.5, 0.6) is 5.75 Å². The number of nitrogens with one attached hydrogen (secondary N) is 1. The van der Waals surface area contributed by atoms with Crippen LogP contribution in [0.15, 0.2) is 42.5 Å². The van der Waals surface area contributed by atoms with Crippen LogP contribution in [0.2, 0.25) is 10.0 Å². The van der Waals surface area contributed by atoms with Crippen LogP contribution in [0, 0.1) is 5.82 Å². The molecule has 0 spiro atoms. The van der Waals surface area contributed by atoms with Crippen molar-refractivity contribution < 1.29 is 13.9 Å². The van der Waals surface area contributed by atoms with Crippen molar-refractivity contribution in [1.29, 1.82) is 0 Å². The van der Waals surface area contributed by atoms with Crippen molar-refractivity contribution in [3.05, 3.63) is 63.9 Å². The van der Waals surface area contributed by atoms with E-state index in [-0.39, 0.29) is 17.8 Å². The normalized spacial score (nSPS) is 13.1. The second-order valence-corrected chi connectivity index (χ2v) is 6.93. The predicted molar refractivity (Wildman–Crippen MR) is 103 cm³/mol. The second kappa shape index (κ2) is 9.79. The number of ether oxygens (including phenoxy) is 1. The maximum absolute atomic E-state index is 13.2. The van der Waals surface area contributed by atoms with Gasteiger partial charge < -0.3 is 10.1 Å². The molecule has 0 aliphatic carbocycles. The van der Waals surface area contributed by atoms with E-state index in [4.69, 9.17) is 27.9 Å². The van der Waals surface area contributed by atoms with Gasteiger partial charge in [0.2, 0.25) is 0 Å². The smallest absolute Gasteiger partial charge is 0.261 e. The van der Waals surface area contributed by atoms with Crippen LogP contribution in [0.25, 0.3) is 0 Å². The van der Waals surface area contributed by atoms with Gasteiger partial charge in [-0.15, -0.1) is 0 Å². The fraction of sp³-hybridized carbons (Fsp3) is 0.350. The first kappa shape index (κ1) is 20.5. The molecule has 2 unspecified atom stereocenters. The Morgan fingerprint density at radius 2 is 1.88 bits per heavy atom. The number of hydrogen-bond acceptors (Lipinski definition) is 2. The van der Waals surface area contributed by atoms with E-state index in [1.54, 1.807) is 37.3 Å². The summed E-state index contributed by atoms with van der Waals surface area (Å²) in [5, 5.41) is 3.82. The Morgan fingerprint density at radius 1 is 1.19 bits per heavy atom. The van der Waals surface area contributed by atoms with Crippen LogP contribution < -0.4 is 10.1 Å². The summed E-state index contributed by atoms with van der Waals surface area (Å²) in [5.41, 5.74) is 0.866. The van der Waals surface area contributed by atoms with Gasteiger partial charge in [-0.3, -0.25) is 4.79 Å². The maximum Gasteiger partial charge on any atom is 0.261 e. The van der Waals surface area contributed by atoms with E-state index in [0.717, 1.165) is 24.8 Å². The van der Waals surface area contributed by atoms with Crippen molar-refractivity contribution in [3.63, 3.8) is 0 Å². The van der Waals surface area contributed by atoms with Crippen molar-refractivity contribution in [3.8, 4) is 5.75 Å². The number of amides is 1. The topological polar surface area (TPSA) is 38.3 Å².